The highest BCUT2D eigenvalue weighted by molar-refractivity contribution is 6.31. The molecule has 1 aromatic heterocycles. The fourth-order valence-corrected chi connectivity index (χ4v) is 2.01. The molecule has 1 heterocycles. The molecule has 1 atom stereocenters. The van der Waals surface area contributed by atoms with Gasteiger partial charge >= 0.3 is 0 Å². The van der Waals surface area contributed by atoms with Crippen LogP contribution in [-0.4, -0.2) is 10.1 Å². The van der Waals surface area contributed by atoms with E-state index in [1.165, 1.54) is 0 Å². The Labute approximate surface area is 106 Å². The van der Waals surface area contributed by atoms with Gasteiger partial charge in [-0.25, -0.2) is 0 Å². The molecule has 2 aromatic rings. The van der Waals surface area contributed by atoms with Gasteiger partial charge in [0.1, 0.15) is 0 Å². The van der Waals surface area contributed by atoms with E-state index in [9.17, 15) is 5.11 Å². The van der Waals surface area contributed by atoms with Crippen molar-refractivity contribution < 1.29 is 5.11 Å². The van der Waals surface area contributed by atoms with Crippen molar-refractivity contribution in [3.63, 3.8) is 0 Å². The third-order valence-corrected chi connectivity index (χ3v) is 3.09. The average molecular weight is 250 g/mol. The van der Waals surface area contributed by atoms with E-state index < -0.39 is 6.10 Å². The monoisotopic (exact) mass is 249 g/mol. The maximum absolute atomic E-state index is 10.4. The summed E-state index contributed by atoms with van der Waals surface area (Å²) in [5.41, 5.74) is 1.52. The summed E-state index contributed by atoms with van der Waals surface area (Å²) in [5, 5.41) is 12.0. The molecule has 2 nitrogen and oxygen atoms in total. The first-order chi connectivity index (χ1) is 7.89. The molecule has 90 valence electrons. The lowest BCUT2D eigenvalue weighted by atomic mass is 9.84. The van der Waals surface area contributed by atoms with Crippen molar-refractivity contribution in [2.45, 2.75) is 26.9 Å². The zero-order chi connectivity index (χ0) is 12.6. The molecule has 1 unspecified atom stereocenters. The van der Waals surface area contributed by atoms with Crippen molar-refractivity contribution in [1.82, 2.24) is 4.98 Å². The molecule has 0 fully saturated rings. The normalized spacial score (nSPS) is 13.9. The third-order valence-electron chi connectivity index (χ3n) is 2.85. The van der Waals surface area contributed by atoms with Gasteiger partial charge in [-0.3, -0.25) is 4.98 Å². The van der Waals surface area contributed by atoms with Crippen LogP contribution in [0.3, 0.4) is 0 Å². The number of hydrogen-bond acceptors (Lipinski definition) is 2. The van der Waals surface area contributed by atoms with Gasteiger partial charge in [0, 0.05) is 16.6 Å². The zero-order valence-corrected chi connectivity index (χ0v) is 11.0. The maximum Gasteiger partial charge on any atom is 0.0845 e. The van der Waals surface area contributed by atoms with Crippen molar-refractivity contribution in [2.24, 2.45) is 5.41 Å². The molecule has 0 saturated carbocycles. The van der Waals surface area contributed by atoms with Crippen LogP contribution in [0.1, 0.15) is 32.4 Å². The van der Waals surface area contributed by atoms with Crippen LogP contribution in [0.15, 0.2) is 30.5 Å². The van der Waals surface area contributed by atoms with Gasteiger partial charge in [-0.15, -0.1) is 0 Å². The predicted octanol–water partition coefficient (Wildman–Crippen LogP) is 3.97. The van der Waals surface area contributed by atoms with E-state index >= 15 is 0 Å². The van der Waals surface area contributed by atoms with Gasteiger partial charge in [-0.2, -0.15) is 0 Å². The smallest absolute Gasteiger partial charge is 0.0845 e. The molecular formula is C14H16ClNO. The molecule has 0 aliphatic carbocycles. The minimum Gasteiger partial charge on any atom is -0.388 e. The van der Waals surface area contributed by atoms with Crippen molar-refractivity contribution >= 4 is 22.5 Å². The van der Waals surface area contributed by atoms with Crippen LogP contribution in [0.4, 0.5) is 0 Å². The fourth-order valence-electron chi connectivity index (χ4n) is 1.85. The number of aromatic nitrogens is 1. The second kappa shape index (κ2) is 4.28. The molecule has 0 radical (unpaired) electrons. The van der Waals surface area contributed by atoms with Crippen LogP contribution >= 0.6 is 11.6 Å². The second-order valence-electron chi connectivity index (χ2n) is 5.33. The summed E-state index contributed by atoms with van der Waals surface area (Å²) in [7, 11) is 0. The highest BCUT2D eigenvalue weighted by Crippen LogP contribution is 2.35. The van der Waals surface area contributed by atoms with E-state index in [0.29, 0.717) is 5.02 Å². The summed E-state index contributed by atoms with van der Waals surface area (Å²) in [6.07, 6.45) is 1.19. The number of halogens is 1. The first-order valence-electron chi connectivity index (χ1n) is 5.62. The number of rotatable bonds is 1. The molecule has 0 aliphatic heterocycles. The van der Waals surface area contributed by atoms with Crippen LogP contribution in [-0.2, 0) is 0 Å². The van der Waals surface area contributed by atoms with Crippen LogP contribution in [0.5, 0.6) is 0 Å². The summed E-state index contributed by atoms with van der Waals surface area (Å²) in [6.45, 7) is 6.04. The Kier molecular flexibility index (Phi) is 3.11. The highest BCUT2D eigenvalue weighted by Gasteiger charge is 2.25. The summed E-state index contributed by atoms with van der Waals surface area (Å²) in [6, 6.07) is 7.42. The molecular weight excluding hydrogens is 234 g/mol. The number of benzene rings is 1. The third kappa shape index (κ3) is 2.43. The standard InChI is InChI=1S/C14H16ClNO/c1-14(2,3)13(17)11-6-7-16-12-8-9(15)4-5-10(11)12/h4-8,13,17H,1-3H3. The minimum absolute atomic E-state index is 0.200. The van der Waals surface area contributed by atoms with Crippen LogP contribution < -0.4 is 0 Å². The van der Waals surface area contributed by atoms with Crippen molar-refractivity contribution in [2.75, 3.05) is 0 Å². The molecule has 17 heavy (non-hydrogen) atoms. The van der Waals surface area contributed by atoms with Gasteiger partial charge < -0.3 is 5.11 Å². The maximum atomic E-state index is 10.4. The Morgan fingerprint density at radius 1 is 1.24 bits per heavy atom. The molecule has 0 bridgehead atoms. The average Bonchev–Trinajstić information content (AvgIpc) is 2.25. The summed E-state index contributed by atoms with van der Waals surface area (Å²) < 4.78 is 0. The summed E-state index contributed by atoms with van der Waals surface area (Å²) >= 11 is 5.94. The summed E-state index contributed by atoms with van der Waals surface area (Å²) in [5.74, 6) is 0. The Morgan fingerprint density at radius 3 is 2.59 bits per heavy atom. The lowest BCUT2D eigenvalue weighted by Gasteiger charge is -2.27. The molecule has 2 rings (SSSR count). The number of pyridine rings is 1. The lowest BCUT2D eigenvalue weighted by molar-refractivity contribution is 0.0639. The topological polar surface area (TPSA) is 33.1 Å². The molecule has 0 amide bonds. The first kappa shape index (κ1) is 12.3. The van der Waals surface area contributed by atoms with E-state index in [-0.39, 0.29) is 5.41 Å². The predicted molar refractivity (Wildman–Crippen MR) is 71.2 cm³/mol. The second-order valence-corrected chi connectivity index (χ2v) is 5.77. The minimum atomic E-state index is -0.519. The highest BCUT2D eigenvalue weighted by atomic mass is 35.5. The Bertz CT molecular complexity index is 545. The van der Waals surface area contributed by atoms with Gasteiger partial charge in [0.15, 0.2) is 0 Å². The Morgan fingerprint density at radius 2 is 1.94 bits per heavy atom. The zero-order valence-electron chi connectivity index (χ0n) is 10.2. The molecule has 1 aromatic carbocycles. The van der Waals surface area contributed by atoms with Crippen molar-refractivity contribution in [1.29, 1.82) is 0 Å². The number of aliphatic hydroxyl groups is 1. The Balaban J connectivity index is 2.63. The van der Waals surface area contributed by atoms with E-state index in [0.717, 1.165) is 16.5 Å². The number of hydrogen-bond donors (Lipinski definition) is 1. The Hall–Kier alpha value is -1.12. The van der Waals surface area contributed by atoms with E-state index in [1.807, 2.05) is 45.0 Å². The van der Waals surface area contributed by atoms with Gasteiger partial charge in [0.25, 0.3) is 0 Å². The van der Waals surface area contributed by atoms with E-state index in [1.54, 1.807) is 6.20 Å². The van der Waals surface area contributed by atoms with Gasteiger partial charge in [-0.05, 0) is 29.2 Å². The van der Waals surface area contributed by atoms with E-state index in [2.05, 4.69) is 4.98 Å². The van der Waals surface area contributed by atoms with Crippen LogP contribution in [0, 0.1) is 5.41 Å². The van der Waals surface area contributed by atoms with E-state index in [4.69, 9.17) is 11.6 Å². The number of nitrogens with zero attached hydrogens (tertiary/aromatic N) is 1. The number of aliphatic hydroxyl groups excluding tert-OH is 1. The van der Waals surface area contributed by atoms with Crippen LogP contribution in [0.25, 0.3) is 10.9 Å². The number of fused-ring (bicyclic) bond motifs is 1. The molecule has 0 saturated heterocycles. The molecule has 1 N–H and O–H groups in total. The summed E-state index contributed by atoms with van der Waals surface area (Å²) in [4.78, 5) is 4.27. The first-order valence-corrected chi connectivity index (χ1v) is 5.99. The van der Waals surface area contributed by atoms with Crippen LogP contribution in [0.2, 0.25) is 5.02 Å². The van der Waals surface area contributed by atoms with Gasteiger partial charge in [0.2, 0.25) is 0 Å². The molecule has 3 heteroatoms. The molecule has 0 aliphatic rings. The van der Waals surface area contributed by atoms with Gasteiger partial charge in [0.05, 0.1) is 11.6 Å². The van der Waals surface area contributed by atoms with Gasteiger partial charge in [-0.1, -0.05) is 38.4 Å². The van der Waals surface area contributed by atoms with Crippen molar-refractivity contribution in [3.8, 4) is 0 Å². The lowest BCUT2D eigenvalue weighted by Crippen LogP contribution is -2.18. The largest absolute Gasteiger partial charge is 0.388 e. The van der Waals surface area contributed by atoms with Crippen molar-refractivity contribution in [3.05, 3.63) is 41.0 Å². The SMILES string of the molecule is CC(C)(C)C(O)c1ccnc2cc(Cl)ccc12. The fraction of sp³-hybridized carbons (Fsp3) is 0.357. The molecule has 0 spiro atoms. The quantitative estimate of drug-likeness (QED) is 0.830.